The van der Waals surface area contributed by atoms with Crippen LogP contribution in [0.3, 0.4) is 0 Å². The summed E-state index contributed by atoms with van der Waals surface area (Å²) in [7, 11) is -2.44. The van der Waals surface area contributed by atoms with Crippen molar-refractivity contribution in [1.29, 1.82) is 0 Å². The molecule has 1 aromatic heterocycles. The van der Waals surface area contributed by atoms with Crippen molar-refractivity contribution < 1.29 is 26.3 Å². The summed E-state index contributed by atoms with van der Waals surface area (Å²) in [6.45, 7) is 0. The minimum Gasteiger partial charge on any atom is -0.480 e. The van der Waals surface area contributed by atoms with Gasteiger partial charge >= 0.3 is 6.18 Å². The van der Waals surface area contributed by atoms with Gasteiger partial charge in [0.05, 0.1) is 13.3 Å². The zero-order valence-corrected chi connectivity index (χ0v) is 14.6. The molecule has 2 rings (SSSR count). The highest BCUT2D eigenvalue weighted by atomic mass is 35.5. The summed E-state index contributed by atoms with van der Waals surface area (Å²) < 4.78 is 70.9. The molecule has 0 aliphatic heterocycles. The van der Waals surface area contributed by atoms with Crippen molar-refractivity contribution in [2.24, 2.45) is 0 Å². The molecule has 0 saturated heterocycles. The highest BCUT2D eigenvalue weighted by Crippen LogP contribution is 2.39. The molecule has 0 aliphatic carbocycles. The summed E-state index contributed by atoms with van der Waals surface area (Å²) >= 11 is 5.69. The molecule has 0 saturated carbocycles. The van der Waals surface area contributed by atoms with E-state index in [0.29, 0.717) is 0 Å². The first-order valence-corrected chi connectivity index (χ1v) is 8.56. The van der Waals surface area contributed by atoms with E-state index in [1.54, 1.807) is 0 Å². The van der Waals surface area contributed by atoms with Crippen LogP contribution in [0.2, 0.25) is 5.02 Å². The Morgan fingerprint density at radius 2 is 1.84 bits per heavy atom. The Morgan fingerprint density at radius 3 is 2.36 bits per heavy atom. The fraction of sp³-hybridized carbons (Fsp3) is 0.286. The Bertz CT molecular complexity index is 844. The number of hydrogen-bond acceptors (Lipinski definition) is 5. The molecule has 1 heterocycles. The average Bonchev–Trinajstić information content (AvgIpc) is 2.55. The Labute approximate surface area is 147 Å². The number of methoxy groups -OCH3 is 1. The molecule has 136 valence electrons. The van der Waals surface area contributed by atoms with Gasteiger partial charge in [0.25, 0.3) is 0 Å². The van der Waals surface area contributed by atoms with Crippen LogP contribution in [0.25, 0.3) is 0 Å². The van der Waals surface area contributed by atoms with Gasteiger partial charge in [0.2, 0.25) is 15.9 Å². The van der Waals surface area contributed by atoms with E-state index in [0.717, 1.165) is 31.4 Å². The lowest BCUT2D eigenvalue weighted by molar-refractivity contribution is -0.171. The smallest absolute Gasteiger partial charge is 0.409 e. The lowest BCUT2D eigenvalue weighted by Gasteiger charge is -2.29. The van der Waals surface area contributed by atoms with Crippen molar-refractivity contribution in [2.45, 2.75) is 17.1 Å². The van der Waals surface area contributed by atoms with Gasteiger partial charge in [0.1, 0.15) is 10.9 Å². The number of hydrogen-bond donors (Lipinski definition) is 0. The number of nitrogens with zero attached hydrogens (tertiary/aromatic N) is 3. The van der Waals surface area contributed by atoms with Gasteiger partial charge in [-0.3, -0.25) is 0 Å². The van der Waals surface area contributed by atoms with Crippen molar-refractivity contribution in [3.8, 4) is 5.88 Å². The Hall–Kier alpha value is -1.91. The highest BCUT2D eigenvalue weighted by molar-refractivity contribution is 7.89. The SMILES string of the molecule is COc1cc(S(=O)(=O)N(C)[C@H](c2ccc(Cl)cc2)C(F)(F)F)cnn1. The fourth-order valence-corrected chi connectivity index (χ4v) is 3.53. The van der Waals surface area contributed by atoms with Gasteiger partial charge in [0, 0.05) is 18.1 Å². The van der Waals surface area contributed by atoms with E-state index in [9.17, 15) is 21.6 Å². The van der Waals surface area contributed by atoms with Gasteiger partial charge < -0.3 is 4.74 Å². The van der Waals surface area contributed by atoms with Crippen molar-refractivity contribution in [1.82, 2.24) is 14.5 Å². The zero-order valence-electron chi connectivity index (χ0n) is 13.0. The molecule has 0 amide bonds. The number of ether oxygens (including phenoxy) is 1. The van der Waals surface area contributed by atoms with Crippen LogP contribution < -0.4 is 4.74 Å². The first kappa shape index (κ1) is 19.4. The van der Waals surface area contributed by atoms with Crippen LogP contribution in [-0.4, -0.2) is 43.3 Å². The summed E-state index contributed by atoms with van der Waals surface area (Å²) in [5, 5.41) is 7.17. The third-order valence-electron chi connectivity index (χ3n) is 3.35. The highest BCUT2D eigenvalue weighted by Gasteiger charge is 2.47. The first-order valence-electron chi connectivity index (χ1n) is 6.74. The van der Waals surface area contributed by atoms with Crippen LogP contribution >= 0.6 is 11.6 Å². The molecule has 0 spiro atoms. The van der Waals surface area contributed by atoms with Crippen LogP contribution in [0.5, 0.6) is 5.88 Å². The molecular weight excluding hydrogens is 383 g/mol. The van der Waals surface area contributed by atoms with Crippen molar-refractivity contribution in [3.63, 3.8) is 0 Å². The summed E-state index contributed by atoms with van der Waals surface area (Å²) in [4.78, 5) is -0.468. The molecule has 0 aliphatic rings. The summed E-state index contributed by atoms with van der Waals surface area (Å²) in [5.74, 6) is -0.135. The van der Waals surface area contributed by atoms with E-state index >= 15 is 0 Å². The molecule has 0 unspecified atom stereocenters. The number of halogens is 4. The number of alkyl halides is 3. The predicted octanol–water partition coefficient (Wildman–Crippen LogP) is 3.06. The molecule has 2 aromatic rings. The van der Waals surface area contributed by atoms with Gasteiger partial charge in [-0.15, -0.1) is 5.10 Å². The zero-order chi connectivity index (χ0) is 18.8. The van der Waals surface area contributed by atoms with Crippen LogP contribution in [0.15, 0.2) is 41.4 Å². The lowest BCUT2D eigenvalue weighted by Crippen LogP contribution is -2.39. The van der Waals surface area contributed by atoms with Crippen LogP contribution in [0.1, 0.15) is 11.6 Å². The monoisotopic (exact) mass is 395 g/mol. The molecule has 0 bridgehead atoms. The maximum absolute atomic E-state index is 13.6. The fourth-order valence-electron chi connectivity index (χ4n) is 2.13. The second-order valence-corrected chi connectivity index (χ2v) is 7.38. The number of sulfonamides is 1. The third-order valence-corrected chi connectivity index (χ3v) is 5.39. The van der Waals surface area contributed by atoms with Crippen molar-refractivity contribution in [2.75, 3.05) is 14.2 Å². The predicted molar refractivity (Wildman–Crippen MR) is 83.8 cm³/mol. The van der Waals surface area contributed by atoms with E-state index in [2.05, 4.69) is 10.2 Å². The van der Waals surface area contributed by atoms with Gasteiger partial charge in [-0.05, 0) is 17.7 Å². The molecule has 1 atom stereocenters. The normalized spacial score (nSPS) is 13.7. The lowest BCUT2D eigenvalue weighted by atomic mass is 10.1. The Kier molecular flexibility index (Phi) is 5.55. The molecule has 0 N–H and O–H groups in total. The van der Waals surface area contributed by atoms with E-state index < -0.39 is 27.1 Å². The van der Waals surface area contributed by atoms with Crippen molar-refractivity contribution in [3.05, 3.63) is 47.1 Å². The van der Waals surface area contributed by atoms with Gasteiger partial charge in [-0.25, -0.2) is 8.42 Å². The summed E-state index contributed by atoms with van der Waals surface area (Å²) in [6.07, 6.45) is -4.00. The minimum atomic E-state index is -4.85. The Morgan fingerprint density at radius 1 is 1.24 bits per heavy atom. The molecular formula is C14H13ClF3N3O3S. The quantitative estimate of drug-likeness (QED) is 0.778. The number of benzene rings is 1. The topological polar surface area (TPSA) is 72.4 Å². The maximum atomic E-state index is 13.6. The summed E-state index contributed by atoms with van der Waals surface area (Å²) in [6, 6.07) is 3.36. The van der Waals surface area contributed by atoms with Crippen LogP contribution in [0, 0.1) is 0 Å². The van der Waals surface area contributed by atoms with Gasteiger partial charge in [0.15, 0.2) is 0 Å². The largest absolute Gasteiger partial charge is 0.480 e. The van der Waals surface area contributed by atoms with Gasteiger partial charge in [-0.1, -0.05) is 23.7 Å². The molecule has 0 radical (unpaired) electrons. The number of aromatic nitrogens is 2. The van der Waals surface area contributed by atoms with E-state index in [1.807, 2.05) is 0 Å². The van der Waals surface area contributed by atoms with Crippen LogP contribution in [0.4, 0.5) is 13.2 Å². The molecule has 11 heteroatoms. The second kappa shape index (κ2) is 7.14. The van der Waals surface area contributed by atoms with E-state index in [1.165, 1.54) is 19.2 Å². The molecule has 1 aromatic carbocycles. The molecule has 0 fully saturated rings. The Balaban J connectivity index is 2.51. The van der Waals surface area contributed by atoms with Crippen LogP contribution in [-0.2, 0) is 10.0 Å². The second-order valence-electron chi connectivity index (χ2n) is 4.95. The molecule has 25 heavy (non-hydrogen) atoms. The average molecular weight is 396 g/mol. The number of rotatable bonds is 5. The first-order chi connectivity index (χ1) is 11.6. The van der Waals surface area contributed by atoms with E-state index in [-0.39, 0.29) is 20.8 Å². The molecule has 6 nitrogen and oxygen atoms in total. The third kappa shape index (κ3) is 4.20. The maximum Gasteiger partial charge on any atom is 0.409 e. The minimum absolute atomic E-state index is 0.135. The van der Waals surface area contributed by atoms with Gasteiger partial charge in [-0.2, -0.15) is 22.6 Å². The van der Waals surface area contributed by atoms with E-state index in [4.69, 9.17) is 16.3 Å². The summed E-state index contributed by atoms with van der Waals surface area (Å²) in [5.41, 5.74) is -0.267. The van der Waals surface area contributed by atoms with Crippen molar-refractivity contribution >= 4 is 21.6 Å². The standard InChI is InChI=1S/C14H13ClF3N3O3S/c1-21(25(22,23)11-7-12(24-2)20-19-8-11)13(14(16,17)18)9-3-5-10(15)6-4-9/h3-8,13H,1-2H3/t13-/m1/s1.